The van der Waals surface area contributed by atoms with E-state index >= 15 is 0 Å². The van der Waals surface area contributed by atoms with E-state index < -0.39 is 5.97 Å². The van der Waals surface area contributed by atoms with Gasteiger partial charge in [-0.1, -0.05) is 0 Å². The summed E-state index contributed by atoms with van der Waals surface area (Å²) in [7, 11) is 0. The molecule has 0 saturated heterocycles. The first kappa shape index (κ1) is 6.55. The van der Waals surface area contributed by atoms with Crippen LogP contribution in [0.3, 0.4) is 0 Å². The molecule has 1 rings (SSSR count). The standard InChI is InChI=1S/C6H11NO2/c7-5-2-1-4(3-5)6(8)9/h4-5H,1-3,7H2,(H,8,9)/p+1/t4-,5+/m1/s1. The highest BCUT2D eigenvalue weighted by Gasteiger charge is 2.29. The fourth-order valence-electron chi connectivity index (χ4n) is 1.30. The van der Waals surface area contributed by atoms with E-state index in [1.807, 2.05) is 0 Å². The zero-order chi connectivity index (χ0) is 6.85. The fourth-order valence-corrected chi connectivity index (χ4v) is 1.30. The van der Waals surface area contributed by atoms with E-state index in [2.05, 4.69) is 5.73 Å². The van der Waals surface area contributed by atoms with Crippen LogP contribution < -0.4 is 5.73 Å². The number of carboxylic acid groups (broad SMARTS) is 1. The normalized spacial score (nSPS) is 34.8. The predicted molar refractivity (Wildman–Crippen MR) is 31.7 cm³/mol. The van der Waals surface area contributed by atoms with Crippen molar-refractivity contribution in [3.63, 3.8) is 0 Å². The summed E-state index contributed by atoms with van der Waals surface area (Å²) >= 11 is 0. The highest BCUT2D eigenvalue weighted by molar-refractivity contribution is 5.70. The van der Waals surface area contributed by atoms with E-state index in [0.29, 0.717) is 6.04 Å². The van der Waals surface area contributed by atoms with Gasteiger partial charge in [0.15, 0.2) is 0 Å². The summed E-state index contributed by atoms with van der Waals surface area (Å²) in [5, 5.41) is 8.50. The van der Waals surface area contributed by atoms with Crippen molar-refractivity contribution >= 4 is 5.97 Å². The molecule has 4 N–H and O–H groups in total. The molecule has 1 aliphatic carbocycles. The molecule has 0 bridgehead atoms. The van der Waals surface area contributed by atoms with Crippen molar-refractivity contribution in [1.29, 1.82) is 0 Å². The first-order valence-electron chi connectivity index (χ1n) is 3.26. The third-order valence-electron chi connectivity index (χ3n) is 1.89. The molecule has 0 aromatic carbocycles. The van der Waals surface area contributed by atoms with Crippen LogP contribution in [0.1, 0.15) is 19.3 Å². The predicted octanol–water partition coefficient (Wildman–Crippen LogP) is -0.518. The summed E-state index contributed by atoms with van der Waals surface area (Å²) in [4.78, 5) is 10.3. The van der Waals surface area contributed by atoms with Crippen molar-refractivity contribution < 1.29 is 15.6 Å². The molecule has 3 heteroatoms. The SMILES string of the molecule is [NH3+][C@H]1CC[C@@H](C(=O)O)C1. The van der Waals surface area contributed by atoms with Gasteiger partial charge in [-0.2, -0.15) is 0 Å². The van der Waals surface area contributed by atoms with Gasteiger partial charge in [0.25, 0.3) is 0 Å². The van der Waals surface area contributed by atoms with E-state index in [0.717, 1.165) is 19.3 Å². The van der Waals surface area contributed by atoms with Gasteiger partial charge in [-0.25, -0.2) is 0 Å². The molecule has 0 aromatic heterocycles. The lowest BCUT2D eigenvalue weighted by atomic mass is 10.1. The van der Waals surface area contributed by atoms with E-state index in [1.165, 1.54) is 0 Å². The molecular weight excluding hydrogens is 118 g/mol. The average molecular weight is 130 g/mol. The Morgan fingerprint density at radius 2 is 2.22 bits per heavy atom. The summed E-state index contributed by atoms with van der Waals surface area (Å²) in [6.45, 7) is 0. The number of carboxylic acids is 1. The topological polar surface area (TPSA) is 64.9 Å². The van der Waals surface area contributed by atoms with Crippen LogP contribution in [0.2, 0.25) is 0 Å². The molecule has 1 aliphatic rings. The summed E-state index contributed by atoms with van der Waals surface area (Å²) in [6, 6.07) is 0.381. The second-order valence-electron chi connectivity index (χ2n) is 2.71. The first-order chi connectivity index (χ1) is 4.20. The Balaban J connectivity index is 2.39. The monoisotopic (exact) mass is 130 g/mol. The zero-order valence-electron chi connectivity index (χ0n) is 5.34. The molecular formula is C6H12NO2+. The number of hydrogen-bond acceptors (Lipinski definition) is 1. The van der Waals surface area contributed by atoms with Crippen LogP contribution in [-0.4, -0.2) is 17.1 Å². The Kier molecular flexibility index (Phi) is 1.71. The molecule has 0 amide bonds. The highest BCUT2D eigenvalue weighted by atomic mass is 16.4. The van der Waals surface area contributed by atoms with Gasteiger partial charge < -0.3 is 10.8 Å². The van der Waals surface area contributed by atoms with Gasteiger partial charge in [0.05, 0.1) is 12.0 Å². The maximum absolute atomic E-state index is 10.3. The first-order valence-corrected chi connectivity index (χ1v) is 3.26. The largest absolute Gasteiger partial charge is 0.481 e. The Bertz CT molecular complexity index is 124. The van der Waals surface area contributed by atoms with Crippen LogP contribution in [-0.2, 0) is 4.79 Å². The van der Waals surface area contributed by atoms with Crippen molar-refractivity contribution in [2.45, 2.75) is 25.3 Å². The Morgan fingerprint density at radius 1 is 1.56 bits per heavy atom. The average Bonchev–Trinajstić information content (AvgIpc) is 2.14. The van der Waals surface area contributed by atoms with Crippen LogP contribution in [0.15, 0.2) is 0 Å². The zero-order valence-corrected chi connectivity index (χ0v) is 5.34. The Morgan fingerprint density at radius 3 is 2.44 bits per heavy atom. The number of carbonyl (C=O) groups is 1. The molecule has 0 heterocycles. The van der Waals surface area contributed by atoms with Crippen molar-refractivity contribution in [1.82, 2.24) is 0 Å². The molecule has 0 radical (unpaired) electrons. The molecule has 0 aromatic rings. The van der Waals surface area contributed by atoms with E-state index in [9.17, 15) is 4.79 Å². The summed E-state index contributed by atoms with van der Waals surface area (Å²) in [6.07, 6.45) is 2.58. The molecule has 0 spiro atoms. The number of aliphatic carboxylic acids is 1. The van der Waals surface area contributed by atoms with Crippen molar-refractivity contribution in [2.75, 3.05) is 0 Å². The van der Waals surface area contributed by atoms with Crippen molar-refractivity contribution in [3.8, 4) is 0 Å². The molecule has 9 heavy (non-hydrogen) atoms. The molecule has 3 nitrogen and oxygen atoms in total. The van der Waals surface area contributed by atoms with Gasteiger partial charge in [-0.05, 0) is 6.42 Å². The third-order valence-corrected chi connectivity index (χ3v) is 1.89. The van der Waals surface area contributed by atoms with E-state index in [1.54, 1.807) is 0 Å². The van der Waals surface area contributed by atoms with Crippen molar-refractivity contribution in [3.05, 3.63) is 0 Å². The minimum Gasteiger partial charge on any atom is -0.481 e. The van der Waals surface area contributed by atoms with Gasteiger partial charge in [0.2, 0.25) is 0 Å². The minimum absolute atomic E-state index is 0.104. The molecule has 52 valence electrons. The number of rotatable bonds is 1. The van der Waals surface area contributed by atoms with E-state index in [-0.39, 0.29) is 5.92 Å². The quantitative estimate of drug-likeness (QED) is 0.501. The maximum atomic E-state index is 10.3. The highest BCUT2D eigenvalue weighted by Crippen LogP contribution is 2.22. The number of hydrogen-bond donors (Lipinski definition) is 2. The molecule has 2 atom stereocenters. The smallest absolute Gasteiger partial charge is 0.306 e. The summed E-state index contributed by atoms with van der Waals surface area (Å²) < 4.78 is 0. The fraction of sp³-hybridized carbons (Fsp3) is 0.833. The van der Waals surface area contributed by atoms with Crippen LogP contribution in [0, 0.1) is 5.92 Å². The molecule has 1 saturated carbocycles. The van der Waals surface area contributed by atoms with Crippen LogP contribution >= 0.6 is 0 Å². The lowest BCUT2D eigenvalue weighted by Crippen LogP contribution is -2.59. The summed E-state index contributed by atoms with van der Waals surface area (Å²) in [5.74, 6) is -0.756. The lowest BCUT2D eigenvalue weighted by Gasteiger charge is -1.98. The molecule has 0 aliphatic heterocycles. The van der Waals surface area contributed by atoms with Crippen LogP contribution in [0.4, 0.5) is 0 Å². The van der Waals surface area contributed by atoms with Crippen molar-refractivity contribution in [2.24, 2.45) is 5.92 Å². The molecule has 0 unspecified atom stereocenters. The number of quaternary nitrogens is 1. The van der Waals surface area contributed by atoms with Gasteiger partial charge in [0.1, 0.15) is 0 Å². The van der Waals surface area contributed by atoms with Crippen LogP contribution in [0.5, 0.6) is 0 Å². The second-order valence-corrected chi connectivity index (χ2v) is 2.71. The van der Waals surface area contributed by atoms with E-state index in [4.69, 9.17) is 5.11 Å². The van der Waals surface area contributed by atoms with Crippen LogP contribution in [0.25, 0.3) is 0 Å². The maximum Gasteiger partial charge on any atom is 0.306 e. The minimum atomic E-state index is -0.652. The van der Waals surface area contributed by atoms with Gasteiger partial charge >= 0.3 is 5.97 Å². The lowest BCUT2D eigenvalue weighted by molar-refractivity contribution is -0.417. The Hall–Kier alpha value is -0.570. The van der Waals surface area contributed by atoms with Gasteiger partial charge in [0, 0.05) is 12.8 Å². The molecule has 1 fully saturated rings. The van der Waals surface area contributed by atoms with Gasteiger partial charge in [-0.15, -0.1) is 0 Å². The Labute approximate surface area is 53.9 Å². The third kappa shape index (κ3) is 1.42. The summed E-state index contributed by atoms with van der Waals surface area (Å²) in [5.41, 5.74) is 3.81. The second kappa shape index (κ2) is 2.35. The van der Waals surface area contributed by atoms with Gasteiger partial charge in [-0.3, -0.25) is 4.79 Å².